The number of rotatable bonds is 3. The van der Waals surface area contributed by atoms with Crippen LogP contribution in [0.15, 0.2) is 0 Å². The van der Waals surface area contributed by atoms with E-state index in [1.165, 1.54) is 38.6 Å². The molecule has 0 unspecified atom stereocenters. The number of hydrogen-bond donors (Lipinski definition) is 1. The van der Waals surface area contributed by atoms with Gasteiger partial charge >= 0.3 is 0 Å². The van der Waals surface area contributed by atoms with E-state index in [9.17, 15) is 0 Å². The Morgan fingerprint density at radius 2 is 2.08 bits per heavy atom. The lowest BCUT2D eigenvalue weighted by molar-refractivity contribution is 0.188. The molecular weight excluding hydrogens is 146 g/mol. The molecule has 0 radical (unpaired) electrons. The smallest absolute Gasteiger partial charge is 0.0118 e. The van der Waals surface area contributed by atoms with Crippen molar-refractivity contribution in [2.24, 2.45) is 5.41 Å². The van der Waals surface area contributed by atoms with Crippen molar-refractivity contribution in [3.63, 3.8) is 0 Å². The molecule has 0 bridgehead atoms. The van der Waals surface area contributed by atoms with Gasteiger partial charge in [-0.3, -0.25) is 0 Å². The van der Waals surface area contributed by atoms with E-state index in [1.54, 1.807) is 0 Å². The zero-order valence-electron chi connectivity index (χ0n) is 8.82. The van der Waals surface area contributed by atoms with Crippen molar-refractivity contribution in [3.8, 4) is 0 Å². The third kappa shape index (κ3) is 2.48. The highest BCUT2D eigenvalue weighted by molar-refractivity contribution is 4.85. The van der Waals surface area contributed by atoms with Crippen LogP contribution in [0, 0.1) is 5.41 Å². The maximum atomic E-state index is 3.64. The van der Waals surface area contributed by atoms with E-state index >= 15 is 0 Å². The molecular formula is C11H23N. The Morgan fingerprint density at radius 3 is 2.58 bits per heavy atom. The van der Waals surface area contributed by atoms with Gasteiger partial charge in [0.15, 0.2) is 0 Å². The molecule has 0 saturated carbocycles. The molecule has 1 atom stereocenters. The normalized spacial score (nSPS) is 25.8. The molecule has 1 aliphatic rings. The zero-order valence-corrected chi connectivity index (χ0v) is 8.82. The summed E-state index contributed by atoms with van der Waals surface area (Å²) in [6, 6.07) is 0.770. The first-order valence-corrected chi connectivity index (χ1v) is 5.40. The first-order chi connectivity index (χ1) is 5.67. The summed E-state index contributed by atoms with van der Waals surface area (Å²) in [5, 5.41) is 3.64. The van der Waals surface area contributed by atoms with Crippen LogP contribution in [0.2, 0.25) is 0 Å². The van der Waals surface area contributed by atoms with Crippen LogP contribution in [0.1, 0.15) is 52.9 Å². The van der Waals surface area contributed by atoms with E-state index in [0.29, 0.717) is 5.41 Å². The van der Waals surface area contributed by atoms with Crippen LogP contribution in [0.3, 0.4) is 0 Å². The summed E-state index contributed by atoms with van der Waals surface area (Å²) in [6.07, 6.45) is 6.84. The molecule has 0 aromatic carbocycles. The highest BCUT2D eigenvalue weighted by atomic mass is 14.9. The zero-order chi connectivity index (χ0) is 9.03. The van der Waals surface area contributed by atoms with Gasteiger partial charge in [-0.2, -0.15) is 0 Å². The third-order valence-electron chi connectivity index (χ3n) is 3.15. The first kappa shape index (κ1) is 10.0. The van der Waals surface area contributed by atoms with Crippen molar-refractivity contribution in [1.29, 1.82) is 0 Å². The molecule has 12 heavy (non-hydrogen) atoms. The summed E-state index contributed by atoms with van der Waals surface area (Å²) in [7, 11) is 0. The molecule has 1 N–H and O–H groups in total. The monoisotopic (exact) mass is 169 g/mol. The van der Waals surface area contributed by atoms with Gasteiger partial charge in [-0.15, -0.1) is 0 Å². The van der Waals surface area contributed by atoms with Crippen LogP contribution in [-0.4, -0.2) is 12.6 Å². The summed E-state index contributed by atoms with van der Waals surface area (Å²) < 4.78 is 0. The van der Waals surface area contributed by atoms with Gasteiger partial charge in [0.25, 0.3) is 0 Å². The van der Waals surface area contributed by atoms with Crippen molar-refractivity contribution in [1.82, 2.24) is 5.32 Å². The van der Waals surface area contributed by atoms with Crippen molar-refractivity contribution in [2.45, 2.75) is 58.9 Å². The molecule has 1 fully saturated rings. The Morgan fingerprint density at radius 1 is 1.33 bits per heavy atom. The summed E-state index contributed by atoms with van der Waals surface area (Å²) >= 11 is 0. The molecule has 0 spiro atoms. The maximum absolute atomic E-state index is 3.64. The summed E-state index contributed by atoms with van der Waals surface area (Å²) in [4.78, 5) is 0. The average Bonchev–Trinajstić information content (AvgIpc) is 2.06. The first-order valence-electron chi connectivity index (χ1n) is 5.40. The fraction of sp³-hybridized carbons (Fsp3) is 1.00. The molecule has 0 aliphatic carbocycles. The second kappa shape index (κ2) is 4.27. The van der Waals surface area contributed by atoms with Gasteiger partial charge < -0.3 is 5.32 Å². The predicted molar refractivity (Wildman–Crippen MR) is 54.3 cm³/mol. The highest BCUT2D eigenvalue weighted by Gasteiger charge is 2.29. The fourth-order valence-corrected chi connectivity index (χ4v) is 2.34. The average molecular weight is 169 g/mol. The van der Waals surface area contributed by atoms with Gasteiger partial charge in [-0.1, -0.05) is 33.6 Å². The van der Waals surface area contributed by atoms with Crippen molar-refractivity contribution < 1.29 is 0 Å². The van der Waals surface area contributed by atoms with E-state index in [-0.39, 0.29) is 0 Å². The molecule has 1 nitrogen and oxygen atoms in total. The number of hydrogen-bond acceptors (Lipinski definition) is 1. The van der Waals surface area contributed by atoms with Crippen molar-refractivity contribution in [3.05, 3.63) is 0 Å². The van der Waals surface area contributed by atoms with Gasteiger partial charge in [0.05, 0.1) is 0 Å². The van der Waals surface area contributed by atoms with E-state index in [2.05, 4.69) is 26.1 Å². The standard InChI is InChI=1S/C11H23N/c1-4-8-11(2,3)10-7-5-6-9-12-10/h10,12H,4-9H2,1-3H3/t10-/m0/s1. The second-order valence-electron chi connectivity index (χ2n) is 4.74. The molecule has 0 aromatic heterocycles. The summed E-state index contributed by atoms with van der Waals surface area (Å²) in [5.74, 6) is 0. The lowest BCUT2D eigenvalue weighted by atomic mass is 9.77. The Labute approximate surface area is 76.9 Å². The number of nitrogens with one attached hydrogen (secondary N) is 1. The minimum atomic E-state index is 0.509. The molecule has 1 saturated heterocycles. The van der Waals surface area contributed by atoms with Gasteiger partial charge in [-0.05, 0) is 31.2 Å². The topological polar surface area (TPSA) is 12.0 Å². The third-order valence-corrected chi connectivity index (χ3v) is 3.15. The van der Waals surface area contributed by atoms with Crippen LogP contribution >= 0.6 is 0 Å². The van der Waals surface area contributed by atoms with Crippen LogP contribution in [0.25, 0.3) is 0 Å². The van der Waals surface area contributed by atoms with Crippen molar-refractivity contribution >= 4 is 0 Å². The highest BCUT2D eigenvalue weighted by Crippen LogP contribution is 2.31. The molecule has 1 heterocycles. The molecule has 1 rings (SSSR count). The van der Waals surface area contributed by atoms with E-state index in [0.717, 1.165) is 6.04 Å². The largest absolute Gasteiger partial charge is 0.313 e. The molecule has 72 valence electrons. The molecule has 1 heteroatoms. The minimum absolute atomic E-state index is 0.509. The van der Waals surface area contributed by atoms with Crippen LogP contribution < -0.4 is 5.32 Å². The van der Waals surface area contributed by atoms with E-state index in [1.807, 2.05) is 0 Å². The summed E-state index contributed by atoms with van der Waals surface area (Å²) in [6.45, 7) is 8.32. The fourth-order valence-electron chi connectivity index (χ4n) is 2.34. The van der Waals surface area contributed by atoms with Gasteiger partial charge in [0.2, 0.25) is 0 Å². The Balaban J connectivity index is 2.41. The SMILES string of the molecule is CCCC(C)(C)[C@@H]1CCCCN1. The quantitative estimate of drug-likeness (QED) is 0.685. The Hall–Kier alpha value is -0.0400. The minimum Gasteiger partial charge on any atom is -0.313 e. The summed E-state index contributed by atoms with van der Waals surface area (Å²) in [5.41, 5.74) is 0.509. The molecule has 0 amide bonds. The maximum Gasteiger partial charge on any atom is 0.0118 e. The Kier molecular flexibility index (Phi) is 3.57. The van der Waals surface area contributed by atoms with Crippen LogP contribution in [0.4, 0.5) is 0 Å². The Bertz CT molecular complexity index is 123. The van der Waals surface area contributed by atoms with E-state index < -0.39 is 0 Å². The second-order valence-corrected chi connectivity index (χ2v) is 4.74. The lowest BCUT2D eigenvalue weighted by Gasteiger charge is -2.37. The molecule has 1 aliphatic heterocycles. The van der Waals surface area contributed by atoms with E-state index in [4.69, 9.17) is 0 Å². The van der Waals surface area contributed by atoms with Gasteiger partial charge in [-0.25, -0.2) is 0 Å². The van der Waals surface area contributed by atoms with Gasteiger partial charge in [0, 0.05) is 6.04 Å². The number of piperidine rings is 1. The lowest BCUT2D eigenvalue weighted by Crippen LogP contribution is -2.44. The van der Waals surface area contributed by atoms with Crippen LogP contribution in [-0.2, 0) is 0 Å². The predicted octanol–water partition coefficient (Wildman–Crippen LogP) is 2.95. The van der Waals surface area contributed by atoms with Crippen molar-refractivity contribution in [2.75, 3.05) is 6.54 Å². The molecule has 0 aromatic rings. The van der Waals surface area contributed by atoms with Gasteiger partial charge in [0.1, 0.15) is 0 Å². The van der Waals surface area contributed by atoms with Crippen LogP contribution in [0.5, 0.6) is 0 Å².